The van der Waals surface area contributed by atoms with E-state index in [0.717, 1.165) is 35.1 Å². The van der Waals surface area contributed by atoms with Gasteiger partial charge in [-0.25, -0.2) is 0 Å². The molecule has 1 amide bonds. The lowest BCUT2D eigenvalue weighted by atomic mass is 10.1. The molecule has 27 heavy (non-hydrogen) atoms. The summed E-state index contributed by atoms with van der Waals surface area (Å²) in [5.41, 5.74) is 3.40. The number of hydrogen-bond acceptors (Lipinski definition) is 3. The van der Waals surface area contributed by atoms with Gasteiger partial charge in [0.2, 0.25) is 0 Å². The number of hydrogen-bond donors (Lipinski definition) is 0. The predicted molar refractivity (Wildman–Crippen MR) is 111 cm³/mol. The predicted octanol–water partition coefficient (Wildman–Crippen LogP) is 4.46. The molecule has 2 aromatic rings. The highest BCUT2D eigenvalue weighted by atomic mass is 35.5. The number of rotatable bonds is 5. The van der Waals surface area contributed by atoms with E-state index in [1.165, 1.54) is 5.56 Å². The van der Waals surface area contributed by atoms with E-state index in [0.29, 0.717) is 19.5 Å². The van der Waals surface area contributed by atoms with Crippen LogP contribution in [0.15, 0.2) is 42.5 Å². The Balaban J connectivity index is 1.63. The molecule has 0 aliphatic carbocycles. The van der Waals surface area contributed by atoms with Crippen LogP contribution >= 0.6 is 11.6 Å². The van der Waals surface area contributed by atoms with Gasteiger partial charge in [0, 0.05) is 36.9 Å². The van der Waals surface area contributed by atoms with Crippen molar-refractivity contribution in [1.29, 1.82) is 0 Å². The SMILES string of the molecule is CCC(Oc1ccccc1C)C(=O)N1CCN(c2cc(Cl)ccc2C)CC1. The molecule has 1 atom stereocenters. The molecular formula is C22H27ClN2O2. The first-order valence-electron chi connectivity index (χ1n) is 9.51. The van der Waals surface area contributed by atoms with Crippen molar-refractivity contribution in [2.24, 2.45) is 0 Å². The van der Waals surface area contributed by atoms with Gasteiger partial charge in [0.1, 0.15) is 5.75 Å². The van der Waals surface area contributed by atoms with Crippen molar-refractivity contribution in [3.8, 4) is 5.75 Å². The Morgan fingerprint density at radius 1 is 1.07 bits per heavy atom. The van der Waals surface area contributed by atoms with Gasteiger partial charge < -0.3 is 14.5 Å². The van der Waals surface area contributed by atoms with E-state index in [1.807, 2.05) is 61.2 Å². The van der Waals surface area contributed by atoms with Crippen LogP contribution in [0, 0.1) is 13.8 Å². The van der Waals surface area contributed by atoms with Crippen molar-refractivity contribution in [3.63, 3.8) is 0 Å². The lowest BCUT2D eigenvalue weighted by molar-refractivity contribution is -0.139. The average Bonchev–Trinajstić information content (AvgIpc) is 2.69. The second kappa shape index (κ2) is 8.66. The third kappa shape index (κ3) is 4.56. The maximum atomic E-state index is 13.0. The summed E-state index contributed by atoms with van der Waals surface area (Å²) in [6, 6.07) is 13.8. The maximum Gasteiger partial charge on any atom is 0.263 e. The van der Waals surface area contributed by atoms with Gasteiger partial charge in [-0.2, -0.15) is 0 Å². The van der Waals surface area contributed by atoms with Crippen molar-refractivity contribution in [2.45, 2.75) is 33.3 Å². The van der Waals surface area contributed by atoms with Crippen LogP contribution in [0.3, 0.4) is 0 Å². The topological polar surface area (TPSA) is 32.8 Å². The molecule has 1 aliphatic rings. The van der Waals surface area contributed by atoms with Gasteiger partial charge in [-0.15, -0.1) is 0 Å². The van der Waals surface area contributed by atoms with Crippen LogP contribution in [-0.2, 0) is 4.79 Å². The third-order valence-electron chi connectivity index (χ3n) is 5.11. The fraction of sp³-hybridized carbons (Fsp3) is 0.409. The van der Waals surface area contributed by atoms with Gasteiger partial charge in [0.15, 0.2) is 6.10 Å². The Bertz CT molecular complexity index is 801. The molecule has 0 bridgehead atoms. The number of benzene rings is 2. The molecule has 0 N–H and O–H groups in total. The smallest absolute Gasteiger partial charge is 0.263 e. The maximum absolute atomic E-state index is 13.0. The van der Waals surface area contributed by atoms with E-state index in [9.17, 15) is 4.79 Å². The van der Waals surface area contributed by atoms with Crippen molar-refractivity contribution in [3.05, 3.63) is 58.6 Å². The highest BCUT2D eigenvalue weighted by molar-refractivity contribution is 6.30. The van der Waals surface area contributed by atoms with E-state index in [1.54, 1.807) is 0 Å². The average molecular weight is 387 g/mol. The monoisotopic (exact) mass is 386 g/mol. The number of piperazine rings is 1. The van der Waals surface area contributed by atoms with Crippen molar-refractivity contribution in [2.75, 3.05) is 31.1 Å². The molecule has 4 nitrogen and oxygen atoms in total. The van der Waals surface area contributed by atoms with Crippen molar-refractivity contribution >= 4 is 23.2 Å². The van der Waals surface area contributed by atoms with Crippen LogP contribution in [0.5, 0.6) is 5.75 Å². The number of carbonyl (C=O) groups is 1. The molecule has 5 heteroatoms. The zero-order valence-electron chi connectivity index (χ0n) is 16.2. The lowest BCUT2D eigenvalue weighted by Gasteiger charge is -2.38. The molecule has 0 radical (unpaired) electrons. The molecule has 1 aliphatic heterocycles. The fourth-order valence-corrected chi connectivity index (χ4v) is 3.61. The molecule has 3 rings (SSSR count). The number of aryl methyl sites for hydroxylation is 2. The normalized spacial score (nSPS) is 15.6. The van der Waals surface area contributed by atoms with E-state index >= 15 is 0 Å². The number of para-hydroxylation sites is 1. The number of anilines is 1. The van der Waals surface area contributed by atoms with Crippen molar-refractivity contribution in [1.82, 2.24) is 4.90 Å². The van der Waals surface area contributed by atoms with Crippen LogP contribution in [0.25, 0.3) is 0 Å². The third-order valence-corrected chi connectivity index (χ3v) is 5.35. The zero-order valence-corrected chi connectivity index (χ0v) is 17.0. The molecule has 0 aromatic heterocycles. The van der Waals surface area contributed by atoms with E-state index in [2.05, 4.69) is 11.8 Å². The lowest BCUT2D eigenvalue weighted by Crippen LogP contribution is -2.52. The fourth-order valence-electron chi connectivity index (χ4n) is 3.44. The quantitative estimate of drug-likeness (QED) is 0.760. The minimum Gasteiger partial charge on any atom is -0.480 e. The van der Waals surface area contributed by atoms with E-state index in [4.69, 9.17) is 16.3 Å². The summed E-state index contributed by atoms with van der Waals surface area (Å²) in [4.78, 5) is 17.2. The Morgan fingerprint density at radius 2 is 1.78 bits per heavy atom. The van der Waals surface area contributed by atoms with Gasteiger partial charge in [-0.05, 0) is 49.6 Å². The summed E-state index contributed by atoms with van der Waals surface area (Å²) < 4.78 is 6.03. The molecule has 0 spiro atoms. The standard InChI is InChI=1S/C22H27ClN2O2/c1-4-20(27-21-8-6-5-7-17(21)3)22(26)25-13-11-24(12-14-25)19-15-18(23)10-9-16(19)2/h5-10,15,20H,4,11-14H2,1-3H3. The number of halogens is 1. The summed E-state index contributed by atoms with van der Waals surface area (Å²) >= 11 is 6.16. The summed E-state index contributed by atoms with van der Waals surface area (Å²) in [7, 11) is 0. The van der Waals surface area contributed by atoms with Gasteiger partial charge in [-0.1, -0.05) is 42.8 Å². The molecule has 1 unspecified atom stereocenters. The number of carbonyl (C=O) groups excluding carboxylic acids is 1. The van der Waals surface area contributed by atoms with Crippen LogP contribution in [-0.4, -0.2) is 43.1 Å². The highest BCUT2D eigenvalue weighted by Crippen LogP contribution is 2.26. The number of ether oxygens (including phenoxy) is 1. The second-order valence-corrected chi connectivity index (χ2v) is 7.46. The molecule has 1 saturated heterocycles. The summed E-state index contributed by atoms with van der Waals surface area (Å²) in [6.45, 7) is 9.07. The van der Waals surface area contributed by atoms with Crippen LogP contribution in [0.1, 0.15) is 24.5 Å². The first-order chi connectivity index (χ1) is 13.0. The van der Waals surface area contributed by atoms with Gasteiger partial charge in [0.25, 0.3) is 5.91 Å². The zero-order chi connectivity index (χ0) is 19.4. The van der Waals surface area contributed by atoms with Gasteiger partial charge >= 0.3 is 0 Å². The summed E-state index contributed by atoms with van der Waals surface area (Å²) in [6.07, 6.45) is 0.214. The number of amides is 1. The number of nitrogens with zero attached hydrogens (tertiary/aromatic N) is 2. The molecule has 1 heterocycles. The minimum absolute atomic E-state index is 0.0724. The van der Waals surface area contributed by atoms with E-state index < -0.39 is 6.10 Å². The minimum atomic E-state index is -0.439. The largest absolute Gasteiger partial charge is 0.480 e. The molecule has 2 aromatic carbocycles. The van der Waals surface area contributed by atoms with Crippen molar-refractivity contribution < 1.29 is 9.53 Å². The first-order valence-corrected chi connectivity index (χ1v) is 9.89. The van der Waals surface area contributed by atoms with E-state index in [-0.39, 0.29) is 5.91 Å². The molecule has 0 saturated carbocycles. The Morgan fingerprint density at radius 3 is 2.44 bits per heavy atom. The molecule has 144 valence electrons. The van der Waals surface area contributed by atoms with Gasteiger partial charge in [0.05, 0.1) is 0 Å². The Kier molecular flexibility index (Phi) is 6.27. The summed E-state index contributed by atoms with van der Waals surface area (Å²) in [5.74, 6) is 0.856. The first kappa shape index (κ1) is 19.6. The van der Waals surface area contributed by atoms with Crippen LogP contribution in [0.4, 0.5) is 5.69 Å². The highest BCUT2D eigenvalue weighted by Gasteiger charge is 2.28. The van der Waals surface area contributed by atoms with Crippen LogP contribution in [0.2, 0.25) is 5.02 Å². The Labute approximate surface area is 166 Å². The van der Waals surface area contributed by atoms with Gasteiger partial charge in [-0.3, -0.25) is 4.79 Å². The molecular weight excluding hydrogens is 360 g/mol. The van der Waals surface area contributed by atoms with Crippen LogP contribution < -0.4 is 9.64 Å². The summed E-state index contributed by atoms with van der Waals surface area (Å²) in [5, 5.41) is 0.742. The second-order valence-electron chi connectivity index (χ2n) is 7.02. The Hall–Kier alpha value is -2.20. The molecule has 1 fully saturated rings.